The summed E-state index contributed by atoms with van der Waals surface area (Å²) < 4.78 is 0.610. The first kappa shape index (κ1) is 17.8. The predicted octanol–water partition coefficient (Wildman–Crippen LogP) is 4.85. The molecule has 7 heteroatoms. The lowest BCUT2D eigenvalue weighted by Gasteiger charge is -2.09. The van der Waals surface area contributed by atoms with Gasteiger partial charge in [0.15, 0.2) is 0 Å². The van der Waals surface area contributed by atoms with Crippen LogP contribution in [0.4, 0.5) is 0 Å². The number of benzene rings is 3. The summed E-state index contributed by atoms with van der Waals surface area (Å²) in [6, 6.07) is 14.8. The smallest absolute Gasteiger partial charge is 0.214 e. The molecule has 2 aromatic heterocycles. The van der Waals surface area contributed by atoms with Crippen LogP contribution in [0.15, 0.2) is 62.6 Å². The van der Waals surface area contributed by atoms with E-state index < -0.39 is 0 Å². The SMILES string of the molecule is Cc1c2nc3c(nc2c(Br)c2nc4c(nc12)c(=O)c1ccccc14)c(=O)c1ccccc13. The van der Waals surface area contributed by atoms with Crippen molar-refractivity contribution in [3.05, 3.63) is 79.0 Å². The lowest BCUT2D eigenvalue weighted by molar-refractivity contribution is 1.33. The Morgan fingerprint density at radius 1 is 0.531 bits per heavy atom. The first-order valence-electron chi connectivity index (χ1n) is 10.0. The zero-order chi connectivity index (χ0) is 21.7. The number of hydrogen-bond donors (Lipinski definition) is 0. The highest BCUT2D eigenvalue weighted by molar-refractivity contribution is 9.10. The topological polar surface area (TPSA) is 85.7 Å². The monoisotopic (exact) mass is 478 g/mol. The minimum Gasteiger partial charge on any atom is -0.287 e. The summed E-state index contributed by atoms with van der Waals surface area (Å²) in [5.74, 6) is 0. The van der Waals surface area contributed by atoms with Crippen LogP contribution in [0, 0.1) is 6.92 Å². The van der Waals surface area contributed by atoms with Gasteiger partial charge in [-0.1, -0.05) is 48.5 Å². The van der Waals surface area contributed by atoms with E-state index in [1.165, 1.54) is 0 Å². The van der Waals surface area contributed by atoms with Crippen LogP contribution in [0.1, 0.15) is 5.56 Å². The third-order valence-electron chi connectivity index (χ3n) is 6.20. The molecule has 0 atom stereocenters. The van der Waals surface area contributed by atoms with Crippen molar-refractivity contribution in [3.63, 3.8) is 0 Å². The molecule has 0 fully saturated rings. The van der Waals surface area contributed by atoms with Crippen molar-refractivity contribution in [2.75, 3.05) is 0 Å². The van der Waals surface area contributed by atoms with Crippen LogP contribution in [0.5, 0.6) is 0 Å². The maximum Gasteiger partial charge on any atom is 0.214 e. The second-order valence-corrected chi connectivity index (χ2v) is 8.72. The van der Waals surface area contributed by atoms with Gasteiger partial charge in [0.25, 0.3) is 0 Å². The van der Waals surface area contributed by atoms with Gasteiger partial charge in [0.05, 0.1) is 15.5 Å². The van der Waals surface area contributed by atoms with E-state index in [9.17, 15) is 9.59 Å². The normalized spacial score (nSPS) is 12.3. The molecule has 5 aromatic carbocycles. The second-order valence-electron chi connectivity index (χ2n) is 7.92. The summed E-state index contributed by atoms with van der Waals surface area (Å²) >= 11 is 3.64. The van der Waals surface area contributed by atoms with Crippen LogP contribution in [-0.2, 0) is 0 Å². The Morgan fingerprint density at radius 2 is 0.906 bits per heavy atom. The highest BCUT2D eigenvalue weighted by atomic mass is 79.9. The molecule has 32 heavy (non-hydrogen) atoms. The summed E-state index contributed by atoms with van der Waals surface area (Å²) in [6.45, 7) is 1.90. The maximum atomic E-state index is 12.9. The van der Waals surface area contributed by atoms with Crippen molar-refractivity contribution in [2.45, 2.75) is 6.92 Å². The van der Waals surface area contributed by atoms with Gasteiger partial charge in [-0.3, -0.25) is 9.59 Å². The standard InChI is InChI=1S/C25H11BrN4O2/c1-10-16-21(30-23-18(27-16)11-6-2-4-8-13(11)25(23)32)15(26)20-17(10)28-22-19(29-20)12-7-3-5-9-14(12)24(22)31/h2-9H,1H3. The van der Waals surface area contributed by atoms with E-state index in [2.05, 4.69) is 15.9 Å². The molecule has 150 valence electrons. The highest BCUT2D eigenvalue weighted by Gasteiger charge is 2.21. The molecule has 7 rings (SSSR count). The minimum absolute atomic E-state index is 0.125. The van der Waals surface area contributed by atoms with Gasteiger partial charge in [-0.2, -0.15) is 0 Å². The van der Waals surface area contributed by atoms with E-state index >= 15 is 0 Å². The summed E-state index contributed by atoms with van der Waals surface area (Å²) in [5.41, 5.74) is 4.72. The van der Waals surface area contributed by atoms with E-state index in [1.807, 2.05) is 43.3 Å². The van der Waals surface area contributed by atoms with Gasteiger partial charge in [-0.25, -0.2) is 19.9 Å². The maximum absolute atomic E-state index is 12.9. The molecule has 0 N–H and O–H groups in total. The van der Waals surface area contributed by atoms with Crippen molar-refractivity contribution >= 4 is 81.6 Å². The molecule has 0 aliphatic rings. The Balaban J connectivity index is 1.73. The number of hydrogen-bond acceptors (Lipinski definition) is 6. The molecule has 7 aromatic rings. The van der Waals surface area contributed by atoms with Gasteiger partial charge in [0.2, 0.25) is 10.9 Å². The van der Waals surface area contributed by atoms with E-state index in [4.69, 9.17) is 19.9 Å². The van der Waals surface area contributed by atoms with Gasteiger partial charge in [0, 0.05) is 27.1 Å². The molecule has 0 aliphatic heterocycles. The molecule has 0 aliphatic carbocycles. The molecule has 0 amide bonds. The molecule has 6 nitrogen and oxygen atoms in total. The second kappa shape index (κ2) is 5.89. The predicted molar refractivity (Wildman–Crippen MR) is 130 cm³/mol. The van der Waals surface area contributed by atoms with Crippen molar-refractivity contribution < 1.29 is 0 Å². The number of nitrogens with zero attached hydrogens (tertiary/aromatic N) is 4. The Labute approximate surface area is 187 Å². The van der Waals surface area contributed by atoms with Gasteiger partial charge < -0.3 is 0 Å². The van der Waals surface area contributed by atoms with Crippen LogP contribution < -0.4 is 10.9 Å². The minimum atomic E-state index is -0.130. The summed E-state index contributed by atoms with van der Waals surface area (Å²) in [6.07, 6.45) is 0. The van der Waals surface area contributed by atoms with E-state index in [1.54, 1.807) is 12.1 Å². The molecular weight excluding hydrogens is 468 g/mol. The average Bonchev–Trinajstić information content (AvgIpc) is 3.27. The number of halogens is 1. The summed E-state index contributed by atoms with van der Waals surface area (Å²) in [5, 5.41) is 2.77. The van der Waals surface area contributed by atoms with Gasteiger partial charge in [-0.15, -0.1) is 0 Å². The highest BCUT2D eigenvalue weighted by Crippen LogP contribution is 2.36. The van der Waals surface area contributed by atoms with Crippen LogP contribution >= 0.6 is 15.9 Å². The van der Waals surface area contributed by atoms with Crippen LogP contribution in [-0.4, -0.2) is 19.9 Å². The molecular formula is C25H11BrN4O2. The Hall–Kier alpha value is -3.84. The Morgan fingerprint density at radius 3 is 1.41 bits per heavy atom. The lowest BCUT2D eigenvalue weighted by atomic mass is 10.1. The van der Waals surface area contributed by atoms with Gasteiger partial charge in [0.1, 0.15) is 33.1 Å². The zero-order valence-electron chi connectivity index (χ0n) is 16.6. The fourth-order valence-electron chi connectivity index (χ4n) is 4.65. The van der Waals surface area contributed by atoms with Gasteiger partial charge in [-0.05, 0) is 22.9 Å². The fourth-order valence-corrected chi connectivity index (χ4v) is 5.20. The largest absolute Gasteiger partial charge is 0.287 e. The number of fused-ring (bicyclic) bond motifs is 8. The van der Waals surface area contributed by atoms with Gasteiger partial charge >= 0.3 is 0 Å². The van der Waals surface area contributed by atoms with E-state index in [0.29, 0.717) is 59.4 Å². The third-order valence-corrected chi connectivity index (χ3v) is 6.95. The summed E-state index contributed by atoms with van der Waals surface area (Å²) in [4.78, 5) is 45.0. The number of rotatable bonds is 0. The number of aromatic nitrogens is 4. The Kier molecular flexibility index (Phi) is 3.28. The molecule has 0 unspecified atom stereocenters. The summed E-state index contributed by atoms with van der Waals surface area (Å²) in [7, 11) is 0. The third kappa shape index (κ3) is 2.04. The van der Waals surface area contributed by atoms with E-state index in [-0.39, 0.29) is 10.9 Å². The molecule has 0 radical (unpaired) electrons. The zero-order valence-corrected chi connectivity index (χ0v) is 18.2. The molecule has 0 saturated carbocycles. The fraction of sp³-hybridized carbons (Fsp3) is 0.0400. The first-order valence-corrected chi connectivity index (χ1v) is 10.8. The van der Waals surface area contributed by atoms with E-state index in [0.717, 1.165) is 16.3 Å². The van der Waals surface area contributed by atoms with Crippen LogP contribution in [0.25, 0.3) is 65.7 Å². The van der Waals surface area contributed by atoms with Crippen molar-refractivity contribution in [3.8, 4) is 0 Å². The van der Waals surface area contributed by atoms with Crippen LogP contribution in [0.2, 0.25) is 0 Å². The molecule has 0 bridgehead atoms. The number of aryl methyl sites for hydroxylation is 1. The van der Waals surface area contributed by atoms with Crippen molar-refractivity contribution in [2.24, 2.45) is 0 Å². The van der Waals surface area contributed by atoms with Crippen molar-refractivity contribution in [1.29, 1.82) is 0 Å². The average molecular weight is 479 g/mol. The Bertz CT molecular complexity index is 1910. The van der Waals surface area contributed by atoms with Crippen LogP contribution in [0.3, 0.4) is 0 Å². The van der Waals surface area contributed by atoms with Crippen molar-refractivity contribution in [1.82, 2.24) is 19.9 Å². The molecule has 0 saturated heterocycles. The molecule has 2 heterocycles. The quantitative estimate of drug-likeness (QED) is 0.289. The first-order chi connectivity index (χ1) is 15.5. The molecule has 0 spiro atoms. The lowest BCUT2D eigenvalue weighted by Crippen LogP contribution is -2.02.